The number of carbonyl (C=O) groups is 1. The molecule has 2 rings (SSSR count). The van der Waals surface area contributed by atoms with E-state index in [0.717, 1.165) is 0 Å². The number of aromatic nitrogens is 2. The number of hydrogen-bond donors (Lipinski definition) is 2. The van der Waals surface area contributed by atoms with Crippen molar-refractivity contribution in [3.05, 3.63) is 35.9 Å². The van der Waals surface area contributed by atoms with E-state index in [1.807, 2.05) is 6.92 Å². The van der Waals surface area contributed by atoms with Gasteiger partial charge in [0, 0.05) is 12.5 Å². The van der Waals surface area contributed by atoms with E-state index >= 15 is 0 Å². The van der Waals surface area contributed by atoms with Crippen LogP contribution in [0.3, 0.4) is 0 Å². The lowest BCUT2D eigenvalue weighted by atomic mass is 10.2. The van der Waals surface area contributed by atoms with Crippen LogP contribution in [0.5, 0.6) is 0 Å². The highest BCUT2D eigenvalue weighted by molar-refractivity contribution is 6.04. The minimum Gasteiger partial charge on any atom is -0.469 e. The average Bonchev–Trinajstić information content (AvgIpc) is 2.86. The summed E-state index contributed by atoms with van der Waals surface area (Å²) >= 11 is 0. The maximum absolute atomic E-state index is 11.7. The van der Waals surface area contributed by atoms with E-state index in [9.17, 15) is 4.79 Å². The Morgan fingerprint density at radius 2 is 2.47 bits per heavy atom. The number of aromatic amines is 1. The highest BCUT2D eigenvalue weighted by atomic mass is 16.3. The zero-order chi connectivity index (χ0) is 10.7. The molecule has 78 valence electrons. The van der Waals surface area contributed by atoms with Crippen LogP contribution >= 0.6 is 0 Å². The fraction of sp³-hybridized carbons (Fsp3) is 0.200. The van der Waals surface area contributed by atoms with Crippen LogP contribution in [0.15, 0.2) is 29.0 Å². The number of aryl methyl sites for hydroxylation is 1. The van der Waals surface area contributed by atoms with Gasteiger partial charge in [0.15, 0.2) is 0 Å². The number of nitrogens with zero attached hydrogens (tertiary/aromatic N) is 1. The Morgan fingerprint density at radius 3 is 3.13 bits per heavy atom. The third-order valence-corrected chi connectivity index (χ3v) is 2.06. The van der Waals surface area contributed by atoms with Gasteiger partial charge in [-0.3, -0.25) is 9.89 Å². The first-order chi connectivity index (χ1) is 7.31. The molecule has 0 fully saturated rings. The summed E-state index contributed by atoms with van der Waals surface area (Å²) in [5, 5.41) is 9.07. The SMILES string of the molecule is CCc1occc1C(=O)Nc1ccn[nH]1. The van der Waals surface area contributed by atoms with Crippen molar-refractivity contribution < 1.29 is 9.21 Å². The second-order valence-electron chi connectivity index (χ2n) is 3.04. The Balaban J connectivity index is 2.15. The van der Waals surface area contributed by atoms with Gasteiger partial charge in [-0.25, -0.2) is 0 Å². The van der Waals surface area contributed by atoms with Crippen molar-refractivity contribution in [3.63, 3.8) is 0 Å². The topological polar surface area (TPSA) is 70.9 Å². The lowest BCUT2D eigenvalue weighted by molar-refractivity contribution is 0.102. The van der Waals surface area contributed by atoms with Crippen LogP contribution < -0.4 is 5.32 Å². The summed E-state index contributed by atoms with van der Waals surface area (Å²) in [5.41, 5.74) is 0.562. The number of amides is 1. The van der Waals surface area contributed by atoms with E-state index < -0.39 is 0 Å². The molecule has 0 spiro atoms. The second-order valence-corrected chi connectivity index (χ2v) is 3.04. The van der Waals surface area contributed by atoms with Crippen LogP contribution in [0.1, 0.15) is 23.0 Å². The van der Waals surface area contributed by atoms with Crippen molar-refractivity contribution in [2.45, 2.75) is 13.3 Å². The molecule has 0 bridgehead atoms. The van der Waals surface area contributed by atoms with Crippen LogP contribution in [0, 0.1) is 0 Å². The van der Waals surface area contributed by atoms with Gasteiger partial charge < -0.3 is 9.73 Å². The smallest absolute Gasteiger partial charge is 0.260 e. The van der Waals surface area contributed by atoms with Gasteiger partial charge in [0.25, 0.3) is 5.91 Å². The molecule has 5 nitrogen and oxygen atoms in total. The van der Waals surface area contributed by atoms with Gasteiger partial charge in [0.1, 0.15) is 11.6 Å². The molecule has 0 aliphatic carbocycles. The van der Waals surface area contributed by atoms with Crippen molar-refractivity contribution in [1.82, 2.24) is 10.2 Å². The quantitative estimate of drug-likeness (QED) is 0.802. The fourth-order valence-corrected chi connectivity index (χ4v) is 1.33. The number of rotatable bonds is 3. The Labute approximate surface area is 86.5 Å². The fourth-order valence-electron chi connectivity index (χ4n) is 1.33. The first kappa shape index (κ1) is 9.51. The summed E-state index contributed by atoms with van der Waals surface area (Å²) in [6, 6.07) is 3.34. The molecule has 2 N–H and O–H groups in total. The van der Waals surface area contributed by atoms with Crippen molar-refractivity contribution in [3.8, 4) is 0 Å². The standard InChI is InChI=1S/C10H11N3O2/c1-2-8-7(4-6-15-8)10(14)12-9-3-5-11-13-9/h3-6H,2H2,1H3,(H2,11,12,13,14). The van der Waals surface area contributed by atoms with Crippen LogP contribution in [-0.2, 0) is 6.42 Å². The largest absolute Gasteiger partial charge is 0.469 e. The van der Waals surface area contributed by atoms with E-state index in [-0.39, 0.29) is 5.91 Å². The third kappa shape index (κ3) is 1.90. The van der Waals surface area contributed by atoms with Gasteiger partial charge in [-0.05, 0) is 6.07 Å². The molecule has 0 saturated carbocycles. The maximum atomic E-state index is 11.7. The summed E-state index contributed by atoms with van der Waals surface area (Å²) < 4.78 is 5.17. The van der Waals surface area contributed by atoms with Crippen LogP contribution in [0.2, 0.25) is 0 Å². The van der Waals surface area contributed by atoms with Gasteiger partial charge in [0.05, 0.1) is 18.0 Å². The summed E-state index contributed by atoms with van der Waals surface area (Å²) in [5.74, 6) is 1.07. The predicted octanol–water partition coefficient (Wildman–Crippen LogP) is 1.82. The predicted molar refractivity (Wildman–Crippen MR) is 54.6 cm³/mol. The number of carbonyl (C=O) groups excluding carboxylic acids is 1. The lowest BCUT2D eigenvalue weighted by Gasteiger charge is -2.01. The highest BCUT2D eigenvalue weighted by Crippen LogP contribution is 2.13. The zero-order valence-electron chi connectivity index (χ0n) is 8.28. The van der Waals surface area contributed by atoms with Gasteiger partial charge >= 0.3 is 0 Å². The molecule has 0 aliphatic rings. The molecule has 0 aromatic carbocycles. The molecule has 0 aliphatic heterocycles. The van der Waals surface area contributed by atoms with E-state index in [1.165, 1.54) is 6.26 Å². The molecule has 15 heavy (non-hydrogen) atoms. The molecule has 5 heteroatoms. The van der Waals surface area contributed by atoms with Crippen molar-refractivity contribution >= 4 is 11.7 Å². The van der Waals surface area contributed by atoms with E-state index in [2.05, 4.69) is 15.5 Å². The molecule has 1 amide bonds. The van der Waals surface area contributed by atoms with E-state index in [4.69, 9.17) is 4.42 Å². The highest BCUT2D eigenvalue weighted by Gasteiger charge is 2.13. The van der Waals surface area contributed by atoms with Crippen LogP contribution in [0.4, 0.5) is 5.82 Å². The molecule has 2 aromatic heterocycles. The van der Waals surface area contributed by atoms with Crippen LogP contribution in [-0.4, -0.2) is 16.1 Å². The molecule has 0 radical (unpaired) electrons. The Hall–Kier alpha value is -2.04. The minimum absolute atomic E-state index is 0.190. The molecule has 0 saturated heterocycles. The number of nitrogens with one attached hydrogen (secondary N) is 2. The number of anilines is 1. The second kappa shape index (κ2) is 4.00. The number of furan rings is 1. The zero-order valence-corrected chi connectivity index (χ0v) is 8.28. The monoisotopic (exact) mass is 205 g/mol. The molecular formula is C10H11N3O2. The summed E-state index contributed by atoms with van der Waals surface area (Å²) in [6.07, 6.45) is 3.78. The van der Waals surface area contributed by atoms with Crippen molar-refractivity contribution in [2.24, 2.45) is 0 Å². The number of hydrogen-bond acceptors (Lipinski definition) is 3. The van der Waals surface area contributed by atoms with Gasteiger partial charge in [-0.2, -0.15) is 5.10 Å². The summed E-state index contributed by atoms with van der Waals surface area (Å²) in [4.78, 5) is 11.7. The molecule has 2 heterocycles. The maximum Gasteiger partial charge on any atom is 0.260 e. The lowest BCUT2D eigenvalue weighted by Crippen LogP contribution is -2.12. The first-order valence-corrected chi connectivity index (χ1v) is 4.68. The minimum atomic E-state index is -0.190. The summed E-state index contributed by atoms with van der Waals surface area (Å²) in [6.45, 7) is 1.94. The molecule has 0 unspecified atom stereocenters. The Morgan fingerprint density at radius 1 is 1.60 bits per heavy atom. The van der Waals surface area contributed by atoms with Gasteiger partial charge in [-0.1, -0.05) is 6.92 Å². The third-order valence-electron chi connectivity index (χ3n) is 2.06. The number of H-pyrrole nitrogens is 1. The van der Waals surface area contributed by atoms with Crippen molar-refractivity contribution in [2.75, 3.05) is 5.32 Å². The normalized spacial score (nSPS) is 10.2. The first-order valence-electron chi connectivity index (χ1n) is 4.68. The Kier molecular flexibility index (Phi) is 2.53. The van der Waals surface area contributed by atoms with E-state index in [0.29, 0.717) is 23.6 Å². The molecule has 0 atom stereocenters. The van der Waals surface area contributed by atoms with Gasteiger partial charge in [-0.15, -0.1) is 0 Å². The summed E-state index contributed by atoms with van der Waals surface area (Å²) in [7, 11) is 0. The Bertz CT molecular complexity index is 445. The van der Waals surface area contributed by atoms with Crippen LogP contribution in [0.25, 0.3) is 0 Å². The van der Waals surface area contributed by atoms with Crippen molar-refractivity contribution in [1.29, 1.82) is 0 Å². The molecule has 2 aromatic rings. The van der Waals surface area contributed by atoms with Gasteiger partial charge in [0.2, 0.25) is 0 Å². The van der Waals surface area contributed by atoms with E-state index in [1.54, 1.807) is 18.3 Å². The average molecular weight is 205 g/mol. The molecular weight excluding hydrogens is 194 g/mol.